The van der Waals surface area contributed by atoms with Crippen LogP contribution in [0.5, 0.6) is 0 Å². The summed E-state index contributed by atoms with van der Waals surface area (Å²) >= 11 is 0. The van der Waals surface area contributed by atoms with E-state index >= 15 is 0 Å². The molecular weight excluding hydrogens is 366 g/mol. The summed E-state index contributed by atoms with van der Waals surface area (Å²) in [4.78, 5) is 26.2. The highest BCUT2D eigenvalue weighted by Gasteiger charge is 2.36. The molecule has 2 N–H and O–H groups in total. The van der Waals surface area contributed by atoms with E-state index in [1.165, 1.54) is 0 Å². The first-order valence-electron chi connectivity index (χ1n) is 9.98. The van der Waals surface area contributed by atoms with Crippen molar-refractivity contribution in [1.82, 2.24) is 20.0 Å². The minimum absolute atomic E-state index is 0.0453. The highest BCUT2D eigenvalue weighted by atomic mass is 16.2. The number of aromatic nitrogens is 4. The molecule has 0 radical (unpaired) electrons. The van der Waals surface area contributed by atoms with Gasteiger partial charge in [-0.3, -0.25) is 19.4 Å². The van der Waals surface area contributed by atoms with E-state index in [-0.39, 0.29) is 23.5 Å². The van der Waals surface area contributed by atoms with Gasteiger partial charge in [0.15, 0.2) is 5.78 Å². The number of Topliss-reactive ketones (excluding diaryl/α,β-unsaturated/α-hetero) is 1. The maximum Gasteiger partial charge on any atom is 0.228 e. The molecule has 1 aliphatic rings. The molecule has 2 atom stereocenters. The Bertz CT molecular complexity index is 1000. The van der Waals surface area contributed by atoms with Gasteiger partial charge in [0.1, 0.15) is 0 Å². The lowest BCUT2D eigenvalue weighted by molar-refractivity contribution is -0.122. The van der Waals surface area contributed by atoms with E-state index in [0.717, 1.165) is 42.6 Å². The van der Waals surface area contributed by atoms with Gasteiger partial charge in [-0.2, -0.15) is 10.2 Å². The third kappa shape index (κ3) is 3.99. The van der Waals surface area contributed by atoms with Crippen molar-refractivity contribution in [1.29, 1.82) is 0 Å². The molecule has 1 aliphatic carbocycles. The van der Waals surface area contributed by atoms with Gasteiger partial charge in [-0.25, -0.2) is 0 Å². The SMILES string of the molecule is Cc1nn(C)cc1NC(=O)[C@@H]1CCCC[C@H]1C(=O)c1ccc(-c2ccn[nH]2)cc1. The van der Waals surface area contributed by atoms with Crippen LogP contribution in [0, 0.1) is 18.8 Å². The molecule has 0 aliphatic heterocycles. The minimum atomic E-state index is -0.317. The Morgan fingerprint density at radius 1 is 1.10 bits per heavy atom. The van der Waals surface area contributed by atoms with Crippen LogP contribution in [-0.2, 0) is 11.8 Å². The molecule has 1 fully saturated rings. The fourth-order valence-electron chi connectivity index (χ4n) is 4.15. The number of amides is 1. The number of carbonyl (C=O) groups is 2. The second kappa shape index (κ2) is 8.03. The van der Waals surface area contributed by atoms with Crippen LogP contribution in [0.25, 0.3) is 11.3 Å². The summed E-state index contributed by atoms with van der Waals surface area (Å²) in [7, 11) is 1.82. The zero-order valence-corrected chi connectivity index (χ0v) is 16.7. The molecule has 0 bridgehead atoms. The fraction of sp³-hybridized carbons (Fsp3) is 0.364. The predicted octanol–water partition coefficient (Wildman–Crippen LogP) is 3.75. The fourth-order valence-corrected chi connectivity index (χ4v) is 4.15. The number of H-pyrrole nitrogens is 1. The molecule has 1 saturated carbocycles. The average molecular weight is 391 g/mol. The highest BCUT2D eigenvalue weighted by Crippen LogP contribution is 2.34. The van der Waals surface area contributed by atoms with E-state index in [0.29, 0.717) is 11.3 Å². The quantitative estimate of drug-likeness (QED) is 0.648. The number of ketones is 1. The van der Waals surface area contributed by atoms with E-state index < -0.39 is 0 Å². The van der Waals surface area contributed by atoms with Crippen molar-refractivity contribution >= 4 is 17.4 Å². The summed E-state index contributed by atoms with van der Waals surface area (Å²) in [6.45, 7) is 1.86. The molecule has 1 aromatic carbocycles. The first-order valence-corrected chi connectivity index (χ1v) is 9.98. The van der Waals surface area contributed by atoms with Gasteiger partial charge >= 0.3 is 0 Å². The molecule has 150 valence electrons. The first kappa shape index (κ1) is 19.1. The van der Waals surface area contributed by atoms with Crippen LogP contribution < -0.4 is 5.32 Å². The summed E-state index contributed by atoms with van der Waals surface area (Å²) in [6.07, 6.45) is 6.90. The molecule has 4 rings (SSSR count). The second-order valence-corrected chi connectivity index (χ2v) is 7.70. The number of benzene rings is 1. The van der Waals surface area contributed by atoms with E-state index in [4.69, 9.17) is 0 Å². The molecular formula is C22H25N5O2. The van der Waals surface area contributed by atoms with E-state index in [9.17, 15) is 9.59 Å². The minimum Gasteiger partial charge on any atom is -0.323 e. The summed E-state index contributed by atoms with van der Waals surface area (Å²) in [5.74, 6) is -0.654. The van der Waals surface area contributed by atoms with Crippen molar-refractivity contribution in [3.05, 3.63) is 54.0 Å². The third-order valence-electron chi connectivity index (χ3n) is 5.69. The zero-order chi connectivity index (χ0) is 20.4. The van der Waals surface area contributed by atoms with Crippen LogP contribution in [0.15, 0.2) is 42.7 Å². The van der Waals surface area contributed by atoms with Gasteiger partial charge in [0.05, 0.1) is 17.1 Å². The monoisotopic (exact) mass is 391 g/mol. The van der Waals surface area contributed by atoms with Crippen LogP contribution in [-0.4, -0.2) is 31.7 Å². The Kier molecular flexibility index (Phi) is 5.29. The number of hydrogen-bond acceptors (Lipinski definition) is 4. The van der Waals surface area contributed by atoms with Gasteiger partial charge in [-0.15, -0.1) is 0 Å². The molecule has 7 heteroatoms. The number of nitrogens with zero attached hydrogens (tertiary/aromatic N) is 3. The van der Waals surface area contributed by atoms with Gasteiger partial charge in [0.25, 0.3) is 0 Å². The van der Waals surface area contributed by atoms with Gasteiger partial charge in [0.2, 0.25) is 5.91 Å². The van der Waals surface area contributed by atoms with Crippen molar-refractivity contribution in [2.24, 2.45) is 18.9 Å². The lowest BCUT2D eigenvalue weighted by Crippen LogP contribution is -2.36. The van der Waals surface area contributed by atoms with Crippen LogP contribution in [0.4, 0.5) is 5.69 Å². The van der Waals surface area contributed by atoms with Crippen LogP contribution in [0.1, 0.15) is 41.7 Å². The molecule has 0 unspecified atom stereocenters. The smallest absolute Gasteiger partial charge is 0.228 e. The van der Waals surface area contributed by atoms with Crippen molar-refractivity contribution in [2.75, 3.05) is 5.32 Å². The van der Waals surface area contributed by atoms with E-state index in [2.05, 4.69) is 20.6 Å². The van der Waals surface area contributed by atoms with Gasteiger partial charge in [-0.05, 0) is 31.4 Å². The summed E-state index contributed by atoms with van der Waals surface area (Å²) in [5.41, 5.74) is 4.01. The number of aromatic amines is 1. The molecule has 2 aromatic heterocycles. The lowest BCUT2D eigenvalue weighted by Gasteiger charge is -2.29. The standard InChI is InChI=1S/C22H25N5O2/c1-14-20(13-27(2)26-14)24-22(29)18-6-4-3-5-17(18)21(28)16-9-7-15(8-10-16)19-11-12-23-25-19/h7-13,17-18H,3-6H2,1-2H3,(H,23,25)(H,24,29)/t17-,18-/m1/s1. The van der Waals surface area contributed by atoms with Gasteiger partial charge in [0, 0.05) is 36.8 Å². The molecule has 0 saturated heterocycles. The summed E-state index contributed by atoms with van der Waals surface area (Å²) < 4.78 is 1.68. The second-order valence-electron chi connectivity index (χ2n) is 7.70. The number of hydrogen-bond donors (Lipinski definition) is 2. The van der Waals surface area contributed by atoms with Crippen molar-refractivity contribution in [2.45, 2.75) is 32.6 Å². The van der Waals surface area contributed by atoms with Crippen LogP contribution in [0.2, 0.25) is 0 Å². The number of rotatable bonds is 5. The number of nitrogens with one attached hydrogen (secondary N) is 2. The number of aryl methyl sites for hydroxylation is 2. The largest absolute Gasteiger partial charge is 0.323 e. The number of carbonyl (C=O) groups excluding carboxylic acids is 2. The Morgan fingerprint density at radius 2 is 1.83 bits per heavy atom. The van der Waals surface area contributed by atoms with Crippen molar-refractivity contribution in [3.8, 4) is 11.3 Å². The Morgan fingerprint density at radius 3 is 2.45 bits per heavy atom. The Hall–Kier alpha value is -3.22. The molecule has 2 heterocycles. The zero-order valence-electron chi connectivity index (χ0n) is 16.7. The number of anilines is 1. The first-order chi connectivity index (χ1) is 14.0. The average Bonchev–Trinajstić information content (AvgIpc) is 3.37. The Labute approximate surface area is 169 Å². The van der Waals surface area contributed by atoms with Crippen LogP contribution >= 0.6 is 0 Å². The topological polar surface area (TPSA) is 92.7 Å². The van der Waals surface area contributed by atoms with E-state index in [1.807, 2.05) is 44.3 Å². The van der Waals surface area contributed by atoms with E-state index in [1.54, 1.807) is 17.1 Å². The van der Waals surface area contributed by atoms with Crippen molar-refractivity contribution < 1.29 is 9.59 Å². The summed E-state index contributed by atoms with van der Waals surface area (Å²) in [5, 5.41) is 14.1. The molecule has 7 nitrogen and oxygen atoms in total. The van der Waals surface area contributed by atoms with Gasteiger partial charge in [-0.1, -0.05) is 37.1 Å². The lowest BCUT2D eigenvalue weighted by atomic mass is 9.75. The third-order valence-corrected chi connectivity index (χ3v) is 5.69. The Balaban J connectivity index is 1.51. The predicted molar refractivity (Wildman–Crippen MR) is 110 cm³/mol. The van der Waals surface area contributed by atoms with Gasteiger partial charge < -0.3 is 5.32 Å². The summed E-state index contributed by atoms with van der Waals surface area (Å²) in [6, 6.07) is 9.40. The molecule has 0 spiro atoms. The molecule has 3 aromatic rings. The van der Waals surface area contributed by atoms with Crippen LogP contribution in [0.3, 0.4) is 0 Å². The molecule has 29 heavy (non-hydrogen) atoms. The maximum atomic E-state index is 13.2. The maximum absolute atomic E-state index is 13.2. The normalized spacial score (nSPS) is 19.1. The highest BCUT2D eigenvalue weighted by molar-refractivity contribution is 6.03. The van der Waals surface area contributed by atoms with Crippen molar-refractivity contribution in [3.63, 3.8) is 0 Å². The molecule has 1 amide bonds.